The maximum Gasteiger partial charge on any atom is 0.569 e. The smallest absolute Gasteiger partial charge is 0.265 e. The molecule has 6 nitrogen and oxygen atoms in total. The molecule has 0 fully saturated rings. The second-order valence-corrected chi connectivity index (χ2v) is 7.69. The first-order chi connectivity index (χ1) is 13.3. The van der Waals surface area contributed by atoms with Crippen molar-refractivity contribution in [2.24, 2.45) is 0 Å². The number of aromatic nitrogens is 6. The number of rotatable bonds is 6. The van der Waals surface area contributed by atoms with Gasteiger partial charge in [0, 0.05) is 17.1 Å². The van der Waals surface area contributed by atoms with Gasteiger partial charge >= 0.3 is 7.12 Å². The van der Waals surface area contributed by atoms with E-state index < -0.39 is 0 Å². The van der Waals surface area contributed by atoms with Gasteiger partial charge < -0.3 is 0 Å². The van der Waals surface area contributed by atoms with Crippen LogP contribution in [0.2, 0.25) is 0 Å². The first kappa shape index (κ1) is 20.4. The second kappa shape index (κ2) is 7.61. The second-order valence-electron chi connectivity index (χ2n) is 7.69. The van der Waals surface area contributed by atoms with Gasteiger partial charge in [-0.15, -0.1) is 0 Å². The van der Waals surface area contributed by atoms with E-state index in [0.717, 1.165) is 36.3 Å². The fraction of sp³-hybridized carbons (Fsp3) is 0.571. The van der Waals surface area contributed by atoms with Gasteiger partial charge in [-0.2, -0.15) is 15.3 Å². The molecule has 0 saturated heterocycles. The van der Waals surface area contributed by atoms with E-state index >= 15 is 0 Å². The van der Waals surface area contributed by atoms with E-state index in [-0.39, 0.29) is 7.12 Å². The molecule has 3 rings (SSSR count). The summed E-state index contributed by atoms with van der Waals surface area (Å²) in [5, 5.41) is 14.8. The summed E-state index contributed by atoms with van der Waals surface area (Å²) < 4.78 is 6.31. The fourth-order valence-electron chi connectivity index (χ4n) is 4.61. The van der Waals surface area contributed by atoms with Crippen LogP contribution in [-0.2, 0) is 19.3 Å². The summed E-state index contributed by atoms with van der Waals surface area (Å²) in [5.74, 6) is 0. The molecule has 3 aromatic rings. The van der Waals surface area contributed by atoms with Crippen LogP contribution in [0.1, 0.15) is 71.6 Å². The van der Waals surface area contributed by atoms with Gasteiger partial charge in [0.05, 0.1) is 17.1 Å². The topological polar surface area (TPSA) is 53.5 Å². The van der Waals surface area contributed by atoms with Gasteiger partial charge in [0.25, 0.3) is 0 Å². The number of hydrogen-bond acceptors (Lipinski definition) is 3. The Kier molecular flexibility index (Phi) is 5.55. The van der Waals surface area contributed by atoms with Crippen LogP contribution in [0, 0.1) is 41.5 Å². The third-order valence-electron chi connectivity index (χ3n) is 6.14. The van der Waals surface area contributed by atoms with Crippen molar-refractivity contribution in [3.8, 4) is 0 Å². The third kappa shape index (κ3) is 3.01. The minimum Gasteiger partial charge on any atom is -0.265 e. The zero-order valence-corrected chi connectivity index (χ0v) is 18.9. The Morgan fingerprint density at radius 3 is 0.964 bits per heavy atom. The fourth-order valence-corrected chi connectivity index (χ4v) is 4.61. The van der Waals surface area contributed by atoms with E-state index in [2.05, 4.69) is 76.1 Å². The van der Waals surface area contributed by atoms with Crippen LogP contribution in [0.25, 0.3) is 0 Å². The van der Waals surface area contributed by atoms with Crippen LogP contribution in [-0.4, -0.2) is 36.2 Å². The van der Waals surface area contributed by atoms with Gasteiger partial charge in [-0.05, 0) is 77.5 Å². The van der Waals surface area contributed by atoms with E-state index in [0.29, 0.717) is 0 Å². The number of aryl methyl sites for hydroxylation is 3. The Balaban J connectivity index is 2.33. The molecule has 0 aliphatic heterocycles. The number of hydrogen-bond donors (Lipinski definition) is 0. The highest BCUT2D eigenvalue weighted by Crippen LogP contribution is 2.21. The quantitative estimate of drug-likeness (QED) is 0.612. The highest BCUT2D eigenvalue weighted by molar-refractivity contribution is 6.53. The molecule has 0 atom stereocenters. The molecule has 0 spiro atoms. The van der Waals surface area contributed by atoms with Gasteiger partial charge in [-0.3, -0.25) is 13.8 Å². The van der Waals surface area contributed by atoms with Crippen molar-refractivity contribution in [3.63, 3.8) is 0 Å². The molecule has 28 heavy (non-hydrogen) atoms. The van der Waals surface area contributed by atoms with E-state index in [1.54, 1.807) is 0 Å². The minimum atomic E-state index is -0.239. The molecular weight excluding hydrogens is 347 g/mol. The Morgan fingerprint density at radius 2 is 0.786 bits per heavy atom. The van der Waals surface area contributed by atoms with Crippen molar-refractivity contribution in [2.45, 2.75) is 81.6 Å². The molecule has 0 aliphatic carbocycles. The molecule has 0 aromatic carbocycles. The van der Waals surface area contributed by atoms with Crippen LogP contribution in [0.4, 0.5) is 0 Å². The average molecular weight is 380 g/mol. The summed E-state index contributed by atoms with van der Waals surface area (Å²) in [4.78, 5) is 0. The average Bonchev–Trinajstić information content (AvgIpc) is 3.20. The predicted octanol–water partition coefficient (Wildman–Crippen LogP) is 3.74. The molecule has 0 N–H and O–H groups in total. The molecule has 150 valence electrons. The SMILES string of the molecule is CCc1c(C)nn(B(n2nc(C)c(CC)c2C)n2nc(C)c(CC)c2C)c1C. The Bertz CT molecular complexity index is 878. The summed E-state index contributed by atoms with van der Waals surface area (Å²) in [6, 6.07) is 0. The Hall–Kier alpha value is -2.31. The van der Waals surface area contributed by atoms with E-state index in [1.165, 1.54) is 33.8 Å². The zero-order chi connectivity index (χ0) is 20.7. The van der Waals surface area contributed by atoms with E-state index in [1.807, 2.05) is 0 Å². The maximum atomic E-state index is 4.94. The standard InChI is InChI=1S/C21H33BN6/c1-10-19-13(4)23-26(16(19)7)22(27-17(8)20(11-2)14(5)24-27)28-18(9)21(12-3)15(6)25-28/h10-12H2,1-9H3. The lowest BCUT2D eigenvalue weighted by Gasteiger charge is -2.19. The normalized spacial score (nSPS) is 11.5. The first-order valence-electron chi connectivity index (χ1n) is 10.4. The molecule has 3 aromatic heterocycles. The van der Waals surface area contributed by atoms with Gasteiger partial charge in [-0.1, -0.05) is 20.8 Å². The van der Waals surface area contributed by atoms with Crippen molar-refractivity contribution in [3.05, 3.63) is 50.9 Å². The summed E-state index contributed by atoms with van der Waals surface area (Å²) >= 11 is 0. The molecule has 0 bridgehead atoms. The van der Waals surface area contributed by atoms with Crippen molar-refractivity contribution in [1.82, 2.24) is 29.1 Å². The zero-order valence-electron chi connectivity index (χ0n) is 18.9. The molecule has 3 heterocycles. The van der Waals surface area contributed by atoms with E-state index in [9.17, 15) is 0 Å². The van der Waals surface area contributed by atoms with Gasteiger partial charge in [0.15, 0.2) is 0 Å². The molecule has 0 unspecified atom stereocenters. The van der Waals surface area contributed by atoms with Crippen molar-refractivity contribution < 1.29 is 0 Å². The van der Waals surface area contributed by atoms with Gasteiger partial charge in [-0.25, -0.2) is 0 Å². The summed E-state index contributed by atoms with van der Waals surface area (Å²) in [5.41, 5.74) is 10.7. The van der Waals surface area contributed by atoms with Crippen LogP contribution in [0.15, 0.2) is 0 Å². The lowest BCUT2D eigenvalue weighted by Crippen LogP contribution is -2.46. The monoisotopic (exact) mass is 380 g/mol. The third-order valence-corrected chi connectivity index (χ3v) is 6.14. The minimum absolute atomic E-state index is 0.239. The van der Waals surface area contributed by atoms with Gasteiger partial charge in [0.2, 0.25) is 0 Å². The van der Waals surface area contributed by atoms with Crippen molar-refractivity contribution >= 4 is 7.12 Å². The molecule has 7 heteroatoms. The van der Waals surface area contributed by atoms with Gasteiger partial charge in [0.1, 0.15) is 0 Å². The molecule has 0 aliphatic rings. The molecule has 0 amide bonds. The Morgan fingerprint density at radius 1 is 0.536 bits per heavy atom. The van der Waals surface area contributed by atoms with E-state index in [4.69, 9.17) is 15.3 Å². The highest BCUT2D eigenvalue weighted by atomic mass is 15.5. The maximum absolute atomic E-state index is 4.94. The molecule has 0 radical (unpaired) electrons. The van der Waals surface area contributed by atoms with Crippen LogP contribution in [0.5, 0.6) is 0 Å². The summed E-state index contributed by atoms with van der Waals surface area (Å²) in [7, 11) is -0.239. The summed E-state index contributed by atoms with van der Waals surface area (Å²) in [6.07, 6.45) is 2.91. The highest BCUT2D eigenvalue weighted by Gasteiger charge is 2.35. The first-order valence-corrected chi connectivity index (χ1v) is 10.4. The largest absolute Gasteiger partial charge is 0.569 e. The van der Waals surface area contributed by atoms with Crippen LogP contribution in [0.3, 0.4) is 0 Å². The molecular formula is C21H33BN6. The lowest BCUT2D eigenvalue weighted by atomic mass is 9.91. The lowest BCUT2D eigenvalue weighted by molar-refractivity contribution is 0.729. The van der Waals surface area contributed by atoms with Crippen molar-refractivity contribution in [2.75, 3.05) is 0 Å². The summed E-state index contributed by atoms with van der Waals surface area (Å²) in [6.45, 7) is 19.3. The molecule has 0 saturated carbocycles. The van der Waals surface area contributed by atoms with Crippen LogP contribution >= 0.6 is 0 Å². The van der Waals surface area contributed by atoms with Crippen LogP contribution < -0.4 is 0 Å². The Labute approximate surface area is 169 Å². The number of nitrogens with zero attached hydrogens (tertiary/aromatic N) is 6. The predicted molar refractivity (Wildman–Crippen MR) is 115 cm³/mol. The van der Waals surface area contributed by atoms with Crippen molar-refractivity contribution in [1.29, 1.82) is 0 Å².